The van der Waals surface area contributed by atoms with Crippen LogP contribution < -0.4 is 19.7 Å². The van der Waals surface area contributed by atoms with E-state index in [-0.39, 0.29) is 17.9 Å². The van der Waals surface area contributed by atoms with Crippen molar-refractivity contribution in [2.45, 2.75) is 51.6 Å². The minimum atomic E-state index is -0.997. The monoisotopic (exact) mass is 502 g/mol. The molecule has 0 aromatic heterocycles. The number of nitrogens with zero attached hydrogens (tertiary/aromatic N) is 1. The van der Waals surface area contributed by atoms with E-state index in [1.807, 2.05) is 32.0 Å². The molecule has 1 saturated carbocycles. The molecule has 1 atom stereocenters. The molecule has 1 heterocycles. The Morgan fingerprint density at radius 1 is 0.919 bits per heavy atom. The Balaban J connectivity index is 1.62. The predicted octanol–water partition coefficient (Wildman–Crippen LogP) is 5.66. The summed E-state index contributed by atoms with van der Waals surface area (Å²) in [6.07, 6.45) is 3.93. The van der Waals surface area contributed by atoms with Crippen LogP contribution in [0.25, 0.3) is 0 Å². The highest BCUT2D eigenvalue weighted by Gasteiger charge is 2.36. The van der Waals surface area contributed by atoms with Crippen LogP contribution in [0.15, 0.2) is 60.7 Å². The fraction of sp³-hybridized carbons (Fsp3) is 0.333. The Kier molecular flexibility index (Phi) is 7.12. The molecule has 5 rings (SSSR count). The van der Waals surface area contributed by atoms with E-state index in [9.17, 15) is 14.0 Å². The second kappa shape index (κ2) is 10.6. The summed E-state index contributed by atoms with van der Waals surface area (Å²) in [5, 5.41) is 3.16. The molecule has 0 unspecified atom stereocenters. The molecule has 0 spiro atoms. The highest BCUT2D eigenvalue weighted by atomic mass is 19.1. The number of aryl methyl sites for hydroxylation is 2. The van der Waals surface area contributed by atoms with E-state index >= 15 is 0 Å². The van der Waals surface area contributed by atoms with Crippen LogP contribution in [-0.2, 0) is 4.79 Å². The van der Waals surface area contributed by atoms with Crippen molar-refractivity contribution in [1.29, 1.82) is 0 Å². The van der Waals surface area contributed by atoms with E-state index in [4.69, 9.17) is 9.47 Å². The summed E-state index contributed by atoms with van der Waals surface area (Å²) < 4.78 is 25.2. The van der Waals surface area contributed by atoms with Crippen molar-refractivity contribution in [3.8, 4) is 11.5 Å². The van der Waals surface area contributed by atoms with Gasteiger partial charge in [0.2, 0.25) is 5.91 Å². The maximum absolute atomic E-state index is 14.3. The highest BCUT2D eigenvalue weighted by molar-refractivity contribution is 6.10. The molecular weight excluding hydrogens is 471 g/mol. The molecule has 37 heavy (non-hydrogen) atoms. The zero-order valence-electron chi connectivity index (χ0n) is 21.1. The average molecular weight is 503 g/mol. The van der Waals surface area contributed by atoms with E-state index in [0.29, 0.717) is 41.5 Å². The van der Waals surface area contributed by atoms with Gasteiger partial charge >= 0.3 is 0 Å². The van der Waals surface area contributed by atoms with Gasteiger partial charge in [-0.1, -0.05) is 42.7 Å². The van der Waals surface area contributed by atoms with Crippen molar-refractivity contribution < 1.29 is 23.5 Å². The summed E-state index contributed by atoms with van der Waals surface area (Å²) in [4.78, 5) is 29.7. The van der Waals surface area contributed by atoms with Gasteiger partial charge in [0.1, 0.15) is 25.1 Å². The van der Waals surface area contributed by atoms with Crippen LogP contribution in [0.4, 0.5) is 10.1 Å². The lowest BCUT2D eigenvalue weighted by atomic mass is 9.99. The maximum Gasteiger partial charge on any atom is 0.259 e. The molecular formula is C30H31FN2O4. The highest BCUT2D eigenvalue weighted by Crippen LogP contribution is 2.36. The fourth-order valence-corrected chi connectivity index (χ4v) is 5.17. The molecule has 1 N–H and O–H groups in total. The van der Waals surface area contributed by atoms with Crippen molar-refractivity contribution in [3.63, 3.8) is 0 Å². The third kappa shape index (κ3) is 5.31. The number of benzene rings is 3. The summed E-state index contributed by atoms with van der Waals surface area (Å²) in [6.45, 7) is 4.74. The standard InChI is InChI=1S/C30H31FN2O4/c1-19-7-13-25(20(2)17-19)33(30(35)22-10-14-26-27(18-22)37-16-15-36-26)28(21-8-11-23(31)12-9-21)29(34)32-24-5-3-4-6-24/h7-14,17-18,24,28H,3-6,15-16H2,1-2H3,(H,32,34)/t28-/m1/s1. The number of rotatable bonds is 6. The molecule has 192 valence electrons. The largest absolute Gasteiger partial charge is 0.486 e. The number of carbonyl (C=O) groups excluding carboxylic acids is 2. The van der Waals surface area contributed by atoms with E-state index in [1.165, 1.54) is 17.0 Å². The number of fused-ring (bicyclic) bond motifs is 1. The Morgan fingerprint density at radius 2 is 1.62 bits per heavy atom. The van der Waals surface area contributed by atoms with Crippen molar-refractivity contribution in [1.82, 2.24) is 5.32 Å². The fourth-order valence-electron chi connectivity index (χ4n) is 5.17. The average Bonchev–Trinajstić information content (AvgIpc) is 3.41. The summed E-state index contributed by atoms with van der Waals surface area (Å²) in [5.41, 5.74) is 3.41. The summed E-state index contributed by atoms with van der Waals surface area (Å²) in [7, 11) is 0. The van der Waals surface area contributed by atoms with Gasteiger partial charge in [0, 0.05) is 17.3 Å². The molecule has 3 aromatic carbocycles. The third-order valence-electron chi connectivity index (χ3n) is 7.01. The number of hydrogen-bond acceptors (Lipinski definition) is 4. The van der Waals surface area contributed by atoms with E-state index in [2.05, 4.69) is 5.32 Å². The zero-order valence-corrected chi connectivity index (χ0v) is 21.1. The molecule has 2 aliphatic rings. The smallest absolute Gasteiger partial charge is 0.259 e. The maximum atomic E-state index is 14.3. The summed E-state index contributed by atoms with van der Waals surface area (Å²) in [6, 6.07) is 15.7. The lowest BCUT2D eigenvalue weighted by molar-refractivity contribution is -0.123. The van der Waals surface area contributed by atoms with Gasteiger partial charge in [-0.05, 0) is 74.2 Å². The normalized spacial score (nSPS) is 15.8. The Labute approximate surface area is 216 Å². The first kappa shape index (κ1) is 24.8. The molecule has 1 aliphatic carbocycles. The number of anilines is 1. The van der Waals surface area contributed by atoms with Crippen LogP contribution in [-0.4, -0.2) is 31.1 Å². The van der Waals surface area contributed by atoms with Crippen LogP contribution in [0.3, 0.4) is 0 Å². The van der Waals surface area contributed by atoms with E-state index in [0.717, 1.165) is 36.8 Å². The molecule has 1 aliphatic heterocycles. The van der Waals surface area contributed by atoms with Crippen molar-refractivity contribution in [2.24, 2.45) is 0 Å². The lowest BCUT2D eigenvalue weighted by Crippen LogP contribution is -2.46. The number of nitrogens with one attached hydrogen (secondary N) is 1. The van der Waals surface area contributed by atoms with E-state index in [1.54, 1.807) is 30.3 Å². The molecule has 7 heteroatoms. The van der Waals surface area contributed by atoms with Crippen LogP contribution in [0.5, 0.6) is 11.5 Å². The van der Waals surface area contributed by atoms with Gasteiger partial charge < -0.3 is 14.8 Å². The van der Waals surface area contributed by atoms with Gasteiger partial charge in [0.15, 0.2) is 11.5 Å². The molecule has 0 radical (unpaired) electrons. The molecule has 6 nitrogen and oxygen atoms in total. The Hall–Kier alpha value is -3.87. The van der Waals surface area contributed by atoms with Crippen molar-refractivity contribution >= 4 is 17.5 Å². The second-order valence-electron chi connectivity index (χ2n) is 9.77. The van der Waals surface area contributed by atoms with Crippen LogP contribution in [0.1, 0.15) is 58.8 Å². The van der Waals surface area contributed by atoms with Crippen molar-refractivity contribution in [3.05, 3.63) is 88.7 Å². The number of hydrogen-bond donors (Lipinski definition) is 1. The van der Waals surface area contributed by atoms with Gasteiger partial charge in [-0.2, -0.15) is 0 Å². The van der Waals surface area contributed by atoms with Gasteiger partial charge in [0.05, 0.1) is 0 Å². The number of amides is 2. The minimum absolute atomic E-state index is 0.0563. The van der Waals surface area contributed by atoms with Gasteiger partial charge in [-0.3, -0.25) is 14.5 Å². The first-order chi connectivity index (χ1) is 17.9. The predicted molar refractivity (Wildman–Crippen MR) is 140 cm³/mol. The van der Waals surface area contributed by atoms with Crippen molar-refractivity contribution in [2.75, 3.05) is 18.1 Å². The van der Waals surface area contributed by atoms with Gasteiger partial charge in [-0.25, -0.2) is 4.39 Å². The third-order valence-corrected chi connectivity index (χ3v) is 7.01. The SMILES string of the molecule is Cc1ccc(N(C(=O)c2ccc3c(c2)OCCO3)[C@@H](C(=O)NC2CCCC2)c2ccc(F)cc2)c(C)c1. The number of halogens is 1. The van der Waals surface area contributed by atoms with Gasteiger partial charge in [-0.15, -0.1) is 0 Å². The quantitative estimate of drug-likeness (QED) is 0.472. The molecule has 0 bridgehead atoms. The number of ether oxygens (including phenoxy) is 2. The Bertz CT molecular complexity index is 1300. The summed E-state index contributed by atoms with van der Waals surface area (Å²) >= 11 is 0. The summed E-state index contributed by atoms with van der Waals surface area (Å²) in [5.74, 6) is 0.0143. The minimum Gasteiger partial charge on any atom is -0.486 e. The second-order valence-corrected chi connectivity index (χ2v) is 9.77. The first-order valence-electron chi connectivity index (χ1n) is 12.8. The topological polar surface area (TPSA) is 67.9 Å². The van der Waals surface area contributed by atoms with Gasteiger partial charge in [0.25, 0.3) is 5.91 Å². The lowest BCUT2D eigenvalue weighted by Gasteiger charge is -2.33. The molecule has 3 aromatic rings. The molecule has 2 amide bonds. The van der Waals surface area contributed by atoms with Crippen LogP contribution in [0, 0.1) is 19.7 Å². The van der Waals surface area contributed by atoms with Crippen LogP contribution >= 0.6 is 0 Å². The van der Waals surface area contributed by atoms with E-state index < -0.39 is 11.9 Å². The van der Waals surface area contributed by atoms with Crippen LogP contribution in [0.2, 0.25) is 0 Å². The number of carbonyl (C=O) groups is 2. The first-order valence-corrected chi connectivity index (χ1v) is 12.8. The molecule has 0 saturated heterocycles. The zero-order chi connectivity index (χ0) is 25.9. The molecule has 1 fully saturated rings. The Morgan fingerprint density at radius 3 is 2.32 bits per heavy atom.